The number of hydrogen-bond donors (Lipinski definition) is 1. The Balaban J connectivity index is 2.07. The molecule has 2 heterocycles. The van der Waals surface area contributed by atoms with Crippen LogP contribution in [0.5, 0.6) is 0 Å². The third-order valence-corrected chi connectivity index (χ3v) is 4.27. The van der Waals surface area contributed by atoms with E-state index in [1.54, 1.807) is 0 Å². The molecule has 0 spiro atoms. The van der Waals surface area contributed by atoms with Gasteiger partial charge in [-0.3, -0.25) is 4.79 Å². The predicted octanol–water partition coefficient (Wildman–Crippen LogP) is 2.50. The summed E-state index contributed by atoms with van der Waals surface area (Å²) in [6.07, 6.45) is 3.28. The lowest BCUT2D eigenvalue weighted by Gasteiger charge is -2.36. The van der Waals surface area contributed by atoms with Crippen molar-refractivity contribution in [2.24, 2.45) is 0 Å². The molecule has 1 saturated heterocycles. The summed E-state index contributed by atoms with van der Waals surface area (Å²) in [7, 11) is 0. The van der Waals surface area contributed by atoms with Gasteiger partial charge in [-0.1, -0.05) is 19.1 Å². The number of benzene rings is 1. The van der Waals surface area contributed by atoms with Gasteiger partial charge in [0.25, 0.3) is 5.91 Å². The van der Waals surface area contributed by atoms with Gasteiger partial charge in [0.2, 0.25) is 0 Å². The number of anilines is 1. The molecule has 0 aliphatic carbocycles. The molecule has 0 aromatic heterocycles. The molecule has 0 bridgehead atoms. The Morgan fingerprint density at radius 2 is 2.24 bits per heavy atom. The average Bonchev–Trinajstić information content (AvgIpc) is 2.76. The van der Waals surface area contributed by atoms with Gasteiger partial charge < -0.3 is 10.2 Å². The lowest BCUT2D eigenvalue weighted by Crippen LogP contribution is -2.49. The van der Waals surface area contributed by atoms with Crippen LogP contribution in [0.1, 0.15) is 36.5 Å². The van der Waals surface area contributed by atoms with Crippen molar-refractivity contribution in [2.45, 2.75) is 31.7 Å². The number of nitrogens with one attached hydrogen (secondary N) is 1. The quantitative estimate of drug-likeness (QED) is 0.804. The summed E-state index contributed by atoms with van der Waals surface area (Å²) in [6, 6.07) is 7.84. The van der Waals surface area contributed by atoms with E-state index < -0.39 is 0 Å². The molecule has 0 radical (unpaired) electrons. The summed E-state index contributed by atoms with van der Waals surface area (Å²) in [5.41, 5.74) is 1.85. The van der Waals surface area contributed by atoms with E-state index in [2.05, 4.69) is 17.1 Å². The standard InChI is InChI=1S/C14H18N2O/c1-2-14-8-5-9-16(14)13(17)11-6-3-4-7-12(11)15-10-14/h3-4,6-7,15H,2,5,8-10H2,1H3. The van der Waals surface area contributed by atoms with Crippen molar-refractivity contribution in [3.05, 3.63) is 29.8 Å². The van der Waals surface area contributed by atoms with Crippen LogP contribution in [0.3, 0.4) is 0 Å². The molecule has 1 aromatic rings. The molecule has 1 fully saturated rings. The summed E-state index contributed by atoms with van der Waals surface area (Å²) in [5.74, 6) is 0.199. The topological polar surface area (TPSA) is 32.3 Å². The SMILES string of the molecule is CCC12CCCN1C(=O)c1ccccc1NC2. The first-order valence-corrected chi connectivity index (χ1v) is 6.42. The fourth-order valence-corrected chi connectivity index (χ4v) is 3.16. The van der Waals surface area contributed by atoms with E-state index in [1.165, 1.54) is 0 Å². The van der Waals surface area contributed by atoms with Gasteiger partial charge in [0.05, 0.1) is 11.1 Å². The second-order valence-corrected chi connectivity index (χ2v) is 5.04. The number of hydrogen-bond acceptors (Lipinski definition) is 2. The van der Waals surface area contributed by atoms with Gasteiger partial charge >= 0.3 is 0 Å². The Labute approximate surface area is 102 Å². The molecule has 1 N–H and O–H groups in total. The van der Waals surface area contributed by atoms with Gasteiger partial charge in [-0.15, -0.1) is 0 Å². The molecule has 3 rings (SSSR count). The molecule has 3 nitrogen and oxygen atoms in total. The first kappa shape index (κ1) is 10.6. The zero-order valence-corrected chi connectivity index (χ0v) is 10.2. The van der Waals surface area contributed by atoms with E-state index in [1.807, 2.05) is 24.3 Å². The highest BCUT2D eigenvalue weighted by molar-refractivity contribution is 6.01. The van der Waals surface area contributed by atoms with Crippen molar-refractivity contribution in [1.82, 2.24) is 4.90 Å². The highest BCUT2D eigenvalue weighted by Crippen LogP contribution is 2.37. The van der Waals surface area contributed by atoms with Crippen molar-refractivity contribution >= 4 is 11.6 Å². The van der Waals surface area contributed by atoms with E-state index in [9.17, 15) is 4.79 Å². The number of fused-ring (bicyclic) bond motifs is 2. The molecule has 1 unspecified atom stereocenters. The lowest BCUT2D eigenvalue weighted by molar-refractivity contribution is 0.0617. The molecule has 1 atom stereocenters. The molecule has 3 heteroatoms. The van der Waals surface area contributed by atoms with Crippen molar-refractivity contribution < 1.29 is 4.79 Å². The summed E-state index contributed by atoms with van der Waals surface area (Å²) in [5, 5.41) is 3.46. The summed E-state index contributed by atoms with van der Waals surface area (Å²) in [6.45, 7) is 3.97. The molecule has 2 aliphatic heterocycles. The van der Waals surface area contributed by atoms with Crippen LogP contribution in [0.4, 0.5) is 5.69 Å². The van der Waals surface area contributed by atoms with E-state index in [4.69, 9.17) is 0 Å². The van der Waals surface area contributed by atoms with Gasteiger partial charge in [-0.2, -0.15) is 0 Å². The zero-order chi connectivity index (χ0) is 11.9. The first-order valence-electron chi connectivity index (χ1n) is 6.42. The fourth-order valence-electron chi connectivity index (χ4n) is 3.16. The number of carbonyl (C=O) groups excluding carboxylic acids is 1. The Hall–Kier alpha value is -1.51. The van der Waals surface area contributed by atoms with E-state index in [0.29, 0.717) is 0 Å². The highest BCUT2D eigenvalue weighted by Gasteiger charge is 2.44. The number of nitrogens with zero attached hydrogens (tertiary/aromatic N) is 1. The van der Waals surface area contributed by atoms with Crippen LogP contribution in [-0.2, 0) is 0 Å². The number of rotatable bonds is 1. The largest absolute Gasteiger partial charge is 0.382 e. The van der Waals surface area contributed by atoms with Crippen molar-refractivity contribution in [3.63, 3.8) is 0 Å². The third-order valence-electron chi connectivity index (χ3n) is 4.27. The normalized spacial score (nSPS) is 27.1. The molecule has 1 amide bonds. The van der Waals surface area contributed by atoms with Crippen LogP contribution in [-0.4, -0.2) is 29.4 Å². The Bertz CT molecular complexity index is 457. The van der Waals surface area contributed by atoms with E-state index in [0.717, 1.165) is 43.6 Å². The van der Waals surface area contributed by atoms with Crippen LogP contribution in [0.2, 0.25) is 0 Å². The summed E-state index contributed by atoms with van der Waals surface area (Å²) < 4.78 is 0. The van der Waals surface area contributed by atoms with Crippen molar-refractivity contribution in [1.29, 1.82) is 0 Å². The van der Waals surface area contributed by atoms with E-state index >= 15 is 0 Å². The monoisotopic (exact) mass is 230 g/mol. The Morgan fingerprint density at radius 1 is 1.41 bits per heavy atom. The Kier molecular flexibility index (Phi) is 2.35. The van der Waals surface area contributed by atoms with Gasteiger partial charge in [0, 0.05) is 18.8 Å². The predicted molar refractivity (Wildman–Crippen MR) is 68.2 cm³/mol. The molecular formula is C14H18N2O. The van der Waals surface area contributed by atoms with Gasteiger partial charge in [0.15, 0.2) is 0 Å². The van der Waals surface area contributed by atoms with Crippen LogP contribution >= 0.6 is 0 Å². The van der Waals surface area contributed by atoms with Crippen LogP contribution in [0.15, 0.2) is 24.3 Å². The molecule has 0 saturated carbocycles. The number of amides is 1. The third kappa shape index (κ3) is 1.45. The molecular weight excluding hydrogens is 212 g/mol. The smallest absolute Gasteiger partial charge is 0.256 e. The maximum Gasteiger partial charge on any atom is 0.256 e. The maximum atomic E-state index is 12.6. The van der Waals surface area contributed by atoms with Crippen molar-refractivity contribution in [3.8, 4) is 0 Å². The van der Waals surface area contributed by atoms with E-state index in [-0.39, 0.29) is 11.4 Å². The lowest BCUT2D eigenvalue weighted by atomic mass is 9.93. The van der Waals surface area contributed by atoms with Crippen LogP contribution < -0.4 is 5.32 Å². The Morgan fingerprint density at radius 3 is 3.06 bits per heavy atom. The molecule has 90 valence electrons. The number of para-hydroxylation sites is 1. The first-order chi connectivity index (χ1) is 8.27. The maximum absolute atomic E-state index is 12.6. The average molecular weight is 230 g/mol. The van der Waals surface area contributed by atoms with Crippen LogP contribution in [0.25, 0.3) is 0 Å². The molecule has 1 aromatic carbocycles. The molecule has 17 heavy (non-hydrogen) atoms. The second-order valence-electron chi connectivity index (χ2n) is 5.04. The van der Waals surface area contributed by atoms with Crippen LogP contribution in [0, 0.1) is 0 Å². The highest BCUT2D eigenvalue weighted by atomic mass is 16.2. The summed E-state index contributed by atoms with van der Waals surface area (Å²) in [4.78, 5) is 14.7. The van der Waals surface area contributed by atoms with Gasteiger partial charge in [0.1, 0.15) is 0 Å². The zero-order valence-electron chi connectivity index (χ0n) is 10.2. The minimum atomic E-state index is 0.0378. The second kappa shape index (κ2) is 3.76. The minimum Gasteiger partial charge on any atom is -0.382 e. The molecule has 2 aliphatic rings. The van der Waals surface area contributed by atoms with Crippen molar-refractivity contribution in [2.75, 3.05) is 18.4 Å². The van der Waals surface area contributed by atoms with Gasteiger partial charge in [-0.25, -0.2) is 0 Å². The number of carbonyl (C=O) groups is 1. The fraction of sp³-hybridized carbons (Fsp3) is 0.500. The van der Waals surface area contributed by atoms with Gasteiger partial charge in [-0.05, 0) is 31.4 Å². The summed E-state index contributed by atoms with van der Waals surface area (Å²) >= 11 is 0. The minimum absolute atomic E-state index is 0.0378.